The molecule has 1 aromatic rings. The second-order valence-electron chi connectivity index (χ2n) is 3.60. The number of para-hydroxylation sites is 2. The Morgan fingerprint density at radius 1 is 1.50 bits per heavy atom. The van der Waals surface area contributed by atoms with Crippen molar-refractivity contribution in [3.8, 4) is 5.75 Å². The van der Waals surface area contributed by atoms with E-state index in [0.717, 1.165) is 23.8 Å². The highest BCUT2D eigenvalue weighted by Gasteiger charge is 2.20. The molecule has 1 aliphatic heterocycles. The maximum atomic E-state index is 5.70. The third kappa shape index (κ3) is 2.71. The molecule has 1 heterocycles. The maximum Gasteiger partial charge on any atom is 0.143 e. The summed E-state index contributed by atoms with van der Waals surface area (Å²) in [6.07, 6.45) is 3.39. The average Bonchev–Trinajstić information content (AvgIpc) is 2.43. The summed E-state index contributed by atoms with van der Waals surface area (Å²) in [4.78, 5) is 10.0. The number of hydrogen-bond donors (Lipinski definition) is 0. The molecular formula is C13H14ClN3O. The highest BCUT2D eigenvalue weighted by Crippen LogP contribution is 2.31. The van der Waals surface area contributed by atoms with Gasteiger partial charge in [0.2, 0.25) is 0 Å². The zero-order valence-corrected chi connectivity index (χ0v) is 10.7. The number of halogens is 1. The lowest BCUT2D eigenvalue weighted by molar-refractivity contribution is 0.315. The second kappa shape index (κ2) is 6.21. The number of amidine groups is 1. The van der Waals surface area contributed by atoms with E-state index in [-0.39, 0.29) is 6.00 Å². The van der Waals surface area contributed by atoms with Crippen molar-refractivity contribution in [3.05, 3.63) is 36.5 Å². The topological polar surface area (TPSA) is 37.2 Å². The first kappa shape index (κ1) is 12.6. The van der Waals surface area contributed by atoms with Crippen LogP contribution in [0.5, 0.6) is 5.75 Å². The smallest absolute Gasteiger partial charge is 0.143 e. The summed E-state index contributed by atoms with van der Waals surface area (Å²) < 4.78 is 5.60. The summed E-state index contributed by atoms with van der Waals surface area (Å²) in [5, 5.41) is 0. The molecule has 0 radical (unpaired) electrons. The van der Waals surface area contributed by atoms with Gasteiger partial charge in [-0.05, 0) is 24.9 Å². The molecule has 0 aliphatic carbocycles. The van der Waals surface area contributed by atoms with E-state index in [2.05, 4.69) is 21.6 Å². The van der Waals surface area contributed by atoms with Crippen LogP contribution in [0.15, 0.2) is 46.5 Å². The van der Waals surface area contributed by atoms with Crippen molar-refractivity contribution in [2.75, 3.05) is 24.1 Å². The van der Waals surface area contributed by atoms with Gasteiger partial charge in [-0.1, -0.05) is 12.1 Å². The van der Waals surface area contributed by atoms with Gasteiger partial charge < -0.3 is 9.64 Å². The van der Waals surface area contributed by atoms with Crippen LogP contribution in [-0.2, 0) is 0 Å². The van der Waals surface area contributed by atoms with E-state index in [1.165, 1.54) is 0 Å². The molecule has 0 unspecified atom stereocenters. The van der Waals surface area contributed by atoms with Gasteiger partial charge in [-0.25, -0.2) is 0 Å². The molecule has 0 N–H and O–H groups in total. The quantitative estimate of drug-likeness (QED) is 0.364. The number of nitrogens with zero attached hydrogens (tertiary/aromatic N) is 3. The molecule has 18 heavy (non-hydrogen) atoms. The fourth-order valence-electron chi connectivity index (χ4n) is 1.82. The standard InChI is InChI=1S/C13H14ClN3O/c1-15-7-6-13(16-10-14)17-8-9-18-12-5-3-2-4-11(12)17/h2-7H,1,8-10H2/b7-6-,16-13+. The van der Waals surface area contributed by atoms with Crippen LogP contribution in [0.3, 0.4) is 0 Å². The molecule has 0 saturated carbocycles. The van der Waals surface area contributed by atoms with Gasteiger partial charge in [0.25, 0.3) is 0 Å². The van der Waals surface area contributed by atoms with E-state index in [9.17, 15) is 0 Å². The van der Waals surface area contributed by atoms with Crippen LogP contribution in [-0.4, -0.2) is 31.7 Å². The second-order valence-corrected chi connectivity index (χ2v) is 3.84. The van der Waals surface area contributed by atoms with Crippen LogP contribution in [0.25, 0.3) is 0 Å². The Morgan fingerprint density at radius 2 is 2.33 bits per heavy atom. The van der Waals surface area contributed by atoms with Gasteiger partial charge in [-0.15, -0.1) is 11.6 Å². The van der Waals surface area contributed by atoms with Crippen LogP contribution >= 0.6 is 11.6 Å². The van der Waals surface area contributed by atoms with Crippen molar-refractivity contribution < 1.29 is 4.74 Å². The predicted molar refractivity (Wildman–Crippen MR) is 76.1 cm³/mol. The van der Waals surface area contributed by atoms with Crippen LogP contribution in [0, 0.1) is 0 Å². The van der Waals surface area contributed by atoms with Crippen molar-refractivity contribution in [3.63, 3.8) is 0 Å². The van der Waals surface area contributed by atoms with Crippen molar-refractivity contribution in [2.45, 2.75) is 0 Å². The molecule has 0 spiro atoms. The average molecular weight is 264 g/mol. The highest BCUT2D eigenvalue weighted by molar-refractivity contribution is 6.19. The SMILES string of the molecule is C=N/C=C\C(=N/CCl)N1CCOc2ccccc21. The summed E-state index contributed by atoms with van der Waals surface area (Å²) in [6.45, 7) is 4.76. The molecule has 0 bridgehead atoms. The molecule has 0 fully saturated rings. The Labute approximate surface area is 111 Å². The van der Waals surface area contributed by atoms with E-state index in [1.54, 1.807) is 12.3 Å². The summed E-state index contributed by atoms with van der Waals surface area (Å²) in [6, 6.07) is 8.05. The molecule has 4 nitrogen and oxygen atoms in total. The first-order valence-electron chi connectivity index (χ1n) is 5.59. The minimum Gasteiger partial charge on any atom is -0.490 e. The fourth-order valence-corrected chi connectivity index (χ4v) is 1.94. The van der Waals surface area contributed by atoms with E-state index in [1.807, 2.05) is 24.3 Å². The summed E-state index contributed by atoms with van der Waals surface area (Å²) in [5.74, 6) is 1.61. The highest BCUT2D eigenvalue weighted by atomic mass is 35.5. The van der Waals surface area contributed by atoms with E-state index in [0.29, 0.717) is 6.61 Å². The van der Waals surface area contributed by atoms with Gasteiger partial charge >= 0.3 is 0 Å². The Kier molecular flexibility index (Phi) is 4.36. The monoisotopic (exact) mass is 263 g/mol. The number of aliphatic imine (C=N–C) groups is 2. The molecule has 94 valence electrons. The van der Waals surface area contributed by atoms with Crippen LogP contribution in [0.4, 0.5) is 5.69 Å². The van der Waals surface area contributed by atoms with Gasteiger partial charge in [0.1, 0.15) is 24.2 Å². The Bertz CT molecular complexity index is 485. The molecule has 0 amide bonds. The van der Waals surface area contributed by atoms with E-state index in [4.69, 9.17) is 16.3 Å². The maximum absolute atomic E-state index is 5.70. The van der Waals surface area contributed by atoms with Gasteiger partial charge in [0.15, 0.2) is 0 Å². The van der Waals surface area contributed by atoms with Crippen molar-refractivity contribution in [1.82, 2.24) is 0 Å². The largest absolute Gasteiger partial charge is 0.490 e. The number of benzene rings is 1. The predicted octanol–water partition coefficient (Wildman–Crippen LogP) is 2.69. The third-order valence-corrected chi connectivity index (χ3v) is 2.68. The first-order chi connectivity index (χ1) is 8.86. The van der Waals surface area contributed by atoms with Crippen LogP contribution < -0.4 is 9.64 Å². The molecule has 0 atom stereocenters. The van der Waals surface area contributed by atoms with Crippen LogP contribution in [0.1, 0.15) is 0 Å². The van der Waals surface area contributed by atoms with Gasteiger partial charge in [0.05, 0.1) is 12.2 Å². The zero-order valence-electron chi connectivity index (χ0n) is 9.92. The number of alkyl halides is 1. The minimum absolute atomic E-state index is 0.205. The number of anilines is 1. The molecule has 5 heteroatoms. The Hall–Kier alpha value is -1.81. The fraction of sp³-hybridized carbons (Fsp3) is 0.231. The van der Waals surface area contributed by atoms with E-state index < -0.39 is 0 Å². The molecular weight excluding hydrogens is 250 g/mol. The van der Waals surface area contributed by atoms with Crippen molar-refractivity contribution >= 4 is 29.8 Å². The number of ether oxygens (including phenoxy) is 1. The number of hydrogen-bond acceptors (Lipinski definition) is 3. The molecule has 0 saturated heterocycles. The van der Waals surface area contributed by atoms with Gasteiger partial charge in [-0.2, -0.15) is 0 Å². The molecule has 0 aromatic heterocycles. The third-order valence-electron chi connectivity index (χ3n) is 2.56. The summed E-state index contributed by atoms with van der Waals surface area (Å²) in [7, 11) is 0. The summed E-state index contributed by atoms with van der Waals surface area (Å²) >= 11 is 5.70. The number of rotatable bonds is 3. The molecule has 1 aromatic carbocycles. The minimum atomic E-state index is 0.205. The van der Waals surface area contributed by atoms with Crippen molar-refractivity contribution in [1.29, 1.82) is 0 Å². The lowest BCUT2D eigenvalue weighted by atomic mass is 10.2. The first-order valence-corrected chi connectivity index (χ1v) is 6.12. The zero-order chi connectivity index (χ0) is 12.8. The molecule has 2 rings (SSSR count). The van der Waals surface area contributed by atoms with Crippen molar-refractivity contribution in [2.24, 2.45) is 9.98 Å². The lowest BCUT2D eigenvalue weighted by Crippen LogP contribution is -2.37. The summed E-state index contributed by atoms with van der Waals surface area (Å²) in [5.41, 5.74) is 0.987. The van der Waals surface area contributed by atoms with Gasteiger partial charge in [0, 0.05) is 6.20 Å². The normalized spacial score (nSPS) is 15.4. The van der Waals surface area contributed by atoms with Gasteiger partial charge in [-0.3, -0.25) is 9.98 Å². The number of fused-ring (bicyclic) bond motifs is 1. The van der Waals surface area contributed by atoms with Crippen LogP contribution in [0.2, 0.25) is 0 Å². The van der Waals surface area contributed by atoms with E-state index >= 15 is 0 Å². The Balaban J connectivity index is 2.35. The lowest BCUT2D eigenvalue weighted by Gasteiger charge is -2.30. The molecule has 1 aliphatic rings. The Morgan fingerprint density at radius 3 is 3.11 bits per heavy atom.